The highest BCUT2D eigenvalue weighted by Gasteiger charge is 2.36. The molecule has 2 unspecified atom stereocenters. The van der Waals surface area contributed by atoms with Crippen LogP contribution in [0.4, 0.5) is 0 Å². The van der Waals surface area contributed by atoms with Gasteiger partial charge in [-0.1, -0.05) is 11.6 Å². The summed E-state index contributed by atoms with van der Waals surface area (Å²) in [6, 6.07) is 5.99. The largest absolute Gasteiger partial charge is 0.337 e. The van der Waals surface area contributed by atoms with Crippen LogP contribution in [0.2, 0.25) is 5.02 Å². The molecule has 1 amide bonds. The average molecular weight is 279 g/mol. The van der Waals surface area contributed by atoms with Crippen LogP contribution in [-0.4, -0.2) is 36.5 Å². The number of nitrogens with zero attached hydrogens (tertiary/aromatic N) is 1. The van der Waals surface area contributed by atoms with Gasteiger partial charge in [0.05, 0.1) is 0 Å². The summed E-state index contributed by atoms with van der Waals surface area (Å²) >= 11 is 5.95. The Kier molecular flexibility index (Phi) is 3.50. The maximum Gasteiger partial charge on any atom is 0.254 e. The summed E-state index contributed by atoms with van der Waals surface area (Å²) in [6.07, 6.45) is 2.46. The van der Waals surface area contributed by atoms with Crippen LogP contribution in [-0.2, 0) is 0 Å². The van der Waals surface area contributed by atoms with Crippen molar-refractivity contribution in [3.63, 3.8) is 0 Å². The lowest BCUT2D eigenvalue weighted by molar-refractivity contribution is 0.0785. The molecule has 2 heterocycles. The van der Waals surface area contributed by atoms with Crippen molar-refractivity contribution >= 4 is 17.5 Å². The molecule has 3 nitrogen and oxygen atoms in total. The van der Waals surface area contributed by atoms with Crippen LogP contribution >= 0.6 is 11.6 Å². The molecule has 19 heavy (non-hydrogen) atoms. The average Bonchev–Trinajstić information content (AvgIpc) is 2.81. The summed E-state index contributed by atoms with van der Waals surface area (Å²) in [7, 11) is 0. The number of hydrogen-bond donors (Lipinski definition) is 1. The number of benzene rings is 1. The van der Waals surface area contributed by atoms with E-state index in [-0.39, 0.29) is 5.91 Å². The molecule has 102 valence electrons. The van der Waals surface area contributed by atoms with Gasteiger partial charge in [0.2, 0.25) is 0 Å². The minimum atomic E-state index is 0.144. The smallest absolute Gasteiger partial charge is 0.254 e. The Morgan fingerprint density at radius 3 is 3.00 bits per heavy atom. The first-order valence-electron chi connectivity index (χ1n) is 6.94. The molecule has 2 atom stereocenters. The summed E-state index contributed by atoms with van der Waals surface area (Å²) in [5.41, 5.74) is 1.74. The molecule has 2 fully saturated rings. The molecular formula is C15H19ClN2O. The van der Waals surface area contributed by atoms with E-state index in [4.69, 9.17) is 11.6 Å². The van der Waals surface area contributed by atoms with Gasteiger partial charge in [-0.05, 0) is 56.0 Å². The molecular weight excluding hydrogens is 260 g/mol. The Balaban J connectivity index is 1.77. The number of nitrogens with one attached hydrogen (secondary N) is 1. The highest BCUT2D eigenvalue weighted by molar-refractivity contribution is 6.30. The second-order valence-electron chi connectivity index (χ2n) is 5.63. The molecule has 3 rings (SSSR count). The predicted octanol–water partition coefficient (Wildman–Crippen LogP) is 2.47. The normalized spacial score (nSPS) is 26.3. The lowest BCUT2D eigenvalue weighted by Gasteiger charge is -2.24. The van der Waals surface area contributed by atoms with Crippen molar-refractivity contribution < 1.29 is 4.79 Å². The Morgan fingerprint density at radius 2 is 2.26 bits per heavy atom. The van der Waals surface area contributed by atoms with Gasteiger partial charge in [-0.2, -0.15) is 0 Å². The summed E-state index contributed by atoms with van der Waals surface area (Å²) in [6.45, 7) is 4.76. The van der Waals surface area contributed by atoms with Crippen LogP contribution in [0.15, 0.2) is 18.2 Å². The van der Waals surface area contributed by atoms with Gasteiger partial charge in [-0.25, -0.2) is 0 Å². The SMILES string of the molecule is Cc1cc(Cl)ccc1C(=O)N1CC2CCCNC2C1. The van der Waals surface area contributed by atoms with Gasteiger partial charge < -0.3 is 10.2 Å². The van der Waals surface area contributed by atoms with Crippen LogP contribution in [0.5, 0.6) is 0 Å². The van der Waals surface area contributed by atoms with E-state index in [0.717, 1.165) is 30.8 Å². The Labute approximate surface area is 118 Å². The molecule has 2 aliphatic heterocycles. The lowest BCUT2D eigenvalue weighted by atomic mass is 9.94. The van der Waals surface area contributed by atoms with Gasteiger partial charge in [0.15, 0.2) is 0 Å². The van der Waals surface area contributed by atoms with Crippen molar-refractivity contribution in [2.45, 2.75) is 25.8 Å². The van der Waals surface area contributed by atoms with Crippen LogP contribution in [0.1, 0.15) is 28.8 Å². The highest BCUT2D eigenvalue weighted by atomic mass is 35.5. The fourth-order valence-electron chi connectivity index (χ4n) is 3.25. The number of aryl methyl sites for hydroxylation is 1. The van der Waals surface area contributed by atoms with E-state index < -0.39 is 0 Å². The number of likely N-dealkylation sites (tertiary alicyclic amines) is 1. The number of carbonyl (C=O) groups is 1. The van der Waals surface area contributed by atoms with E-state index in [0.29, 0.717) is 17.0 Å². The zero-order valence-corrected chi connectivity index (χ0v) is 11.9. The van der Waals surface area contributed by atoms with E-state index in [9.17, 15) is 4.79 Å². The van der Waals surface area contributed by atoms with E-state index in [1.807, 2.05) is 24.0 Å². The second-order valence-corrected chi connectivity index (χ2v) is 6.07. The Morgan fingerprint density at radius 1 is 1.42 bits per heavy atom. The quantitative estimate of drug-likeness (QED) is 0.856. The number of rotatable bonds is 1. The second kappa shape index (κ2) is 5.14. The van der Waals surface area contributed by atoms with Crippen LogP contribution in [0.3, 0.4) is 0 Å². The molecule has 2 saturated heterocycles. The molecule has 0 radical (unpaired) electrons. The number of carbonyl (C=O) groups excluding carboxylic acids is 1. The van der Waals surface area contributed by atoms with Gasteiger partial charge in [0, 0.05) is 29.7 Å². The van der Waals surface area contributed by atoms with E-state index in [2.05, 4.69) is 5.32 Å². The van der Waals surface area contributed by atoms with Crippen LogP contribution in [0.25, 0.3) is 0 Å². The molecule has 1 aromatic rings. The van der Waals surface area contributed by atoms with Crippen LogP contribution in [0, 0.1) is 12.8 Å². The topological polar surface area (TPSA) is 32.3 Å². The van der Waals surface area contributed by atoms with Crippen molar-refractivity contribution in [1.29, 1.82) is 0 Å². The predicted molar refractivity (Wildman–Crippen MR) is 76.6 cm³/mol. The van der Waals surface area contributed by atoms with Crippen molar-refractivity contribution in [3.8, 4) is 0 Å². The van der Waals surface area contributed by atoms with Gasteiger partial charge >= 0.3 is 0 Å². The zero-order valence-electron chi connectivity index (χ0n) is 11.2. The molecule has 0 aromatic heterocycles. The maximum atomic E-state index is 12.6. The number of fused-ring (bicyclic) bond motifs is 1. The standard InChI is InChI=1S/C15H19ClN2O/c1-10-7-12(16)4-5-13(10)15(19)18-8-11-3-2-6-17-14(11)9-18/h4-5,7,11,14,17H,2-3,6,8-9H2,1H3. The molecule has 2 aliphatic rings. The van der Waals surface area contributed by atoms with E-state index in [1.165, 1.54) is 12.8 Å². The molecule has 1 N–H and O–H groups in total. The molecule has 0 saturated carbocycles. The summed E-state index contributed by atoms with van der Waals surface area (Å²) in [5, 5.41) is 4.21. The minimum Gasteiger partial charge on any atom is -0.337 e. The van der Waals surface area contributed by atoms with Crippen molar-refractivity contribution in [3.05, 3.63) is 34.3 Å². The molecule has 4 heteroatoms. The minimum absolute atomic E-state index is 0.144. The van der Waals surface area contributed by atoms with Crippen molar-refractivity contribution in [2.75, 3.05) is 19.6 Å². The molecule has 1 aromatic carbocycles. The third-order valence-electron chi connectivity index (χ3n) is 4.31. The molecule has 0 aliphatic carbocycles. The summed E-state index contributed by atoms with van der Waals surface area (Å²) in [5.74, 6) is 0.774. The van der Waals surface area contributed by atoms with Gasteiger partial charge in [0.1, 0.15) is 0 Å². The van der Waals surface area contributed by atoms with Crippen LogP contribution < -0.4 is 5.32 Å². The molecule has 0 bridgehead atoms. The maximum absolute atomic E-state index is 12.6. The third kappa shape index (κ3) is 2.49. The summed E-state index contributed by atoms with van der Waals surface area (Å²) in [4.78, 5) is 14.6. The number of amides is 1. The van der Waals surface area contributed by atoms with E-state index >= 15 is 0 Å². The lowest BCUT2D eigenvalue weighted by Crippen LogP contribution is -2.41. The van der Waals surface area contributed by atoms with Crippen molar-refractivity contribution in [1.82, 2.24) is 10.2 Å². The van der Waals surface area contributed by atoms with E-state index in [1.54, 1.807) is 6.07 Å². The fourth-order valence-corrected chi connectivity index (χ4v) is 3.48. The van der Waals surface area contributed by atoms with Gasteiger partial charge in [-0.15, -0.1) is 0 Å². The third-order valence-corrected chi connectivity index (χ3v) is 4.54. The first-order chi connectivity index (χ1) is 9.15. The Hall–Kier alpha value is -1.06. The first kappa shape index (κ1) is 12.9. The van der Waals surface area contributed by atoms with Crippen molar-refractivity contribution in [2.24, 2.45) is 5.92 Å². The monoisotopic (exact) mass is 278 g/mol. The highest BCUT2D eigenvalue weighted by Crippen LogP contribution is 2.27. The van der Waals surface area contributed by atoms with Gasteiger partial charge in [0.25, 0.3) is 5.91 Å². The zero-order chi connectivity index (χ0) is 13.4. The Bertz CT molecular complexity index is 489. The fraction of sp³-hybridized carbons (Fsp3) is 0.533. The first-order valence-corrected chi connectivity index (χ1v) is 7.32. The molecule has 0 spiro atoms. The summed E-state index contributed by atoms with van der Waals surface area (Å²) < 4.78 is 0. The number of piperidine rings is 1. The van der Waals surface area contributed by atoms with Gasteiger partial charge in [-0.3, -0.25) is 4.79 Å². The number of hydrogen-bond acceptors (Lipinski definition) is 2. The number of halogens is 1.